The molecule has 48 heavy (non-hydrogen) atoms. The van der Waals surface area contributed by atoms with Gasteiger partial charge in [-0.1, -0.05) is 108 Å². The van der Waals surface area contributed by atoms with Crippen LogP contribution in [-0.2, 0) is 32.6 Å². The highest BCUT2D eigenvalue weighted by Gasteiger charge is 2.36. The lowest BCUT2D eigenvalue weighted by molar-refractivity contribution is -0.140. The summed E-state index contributed by atoms with van der Waals surface area (Å²) in [5.74, 6) is -0.972. The van der Waals surface area contributed by atoms with Crippen molar-refractivity contribution < 1.29 is 18.0 Å². The number of rotatable bonds is 12. The maximum Gasteiger partial charge on any atom is 0.264 e. The highest BCUT2D eigenvalue weighted by Crippen LogP contribution is 2.30. The predicted molar refractivity (Wildman–Crippen MR) is 193 cm³/mol. The fourth-order valence-electron chi connectivity index (χ4n) is 5.85. The maximum atomic E-state index is 14.7. The Morgan fingerprint density at radius 2 is 1.42 bits per heavy atom. The van der Waals surface area contributed by atoms with Crippen LogP contribution in [0.4, 0.5) is 5.69 Å². The molecule has 12 heteroatoms. The summed E-state index contributed by atoms with van der Waals surface area (Å²) in [7, 11) is -4.32. The van der Waals surface area contributed by atoms with Crippen LogP contribution in [0.25, 0.3) is 0 Å². The van der Waals surface area contributed by atoms with Gasteiger partial charge in [0.15, 0.2) is 0 Å². The molecule has 0 unspecified atom stereocenters. The first-order valence-corrected chi connectivity index (χ1v) is 18.6. The molecule has 0 saturated heterocycles. The summed E-state index contributed by atoms with van der Waals surface area (Å²) in [5.41, 5.74) is 1.44. The van der Waals surface area contributed by atoms with E-state index in [1.54, 1.807) is 36.4 Å². The lowest BCUT2D eigenvalue weighted by Gasteiger charge is -2.35. The van der Waals surface area contributed by atoms with Crippen molar-refractivity contribution in [3.63, 3.8) is 0 Å². The Labute approximate surface area is 301 Å². The number of halogens is 4. The van der Waals surface area contributed by atoms with Gasteiger partial charge in [0.1, 0.15) is 12.6 Å². The minimum Gasteiger partial charge on any atom is -0.352 e. The van der Waals surface area contributed by atoms with E-state index in [0.29, 0.717) is 20.6 Å². The fraction of sp³-hybridized carbons (Fsp3) is 0.278. The van der Waals surface area contributed by atoms with E-state index in [2.05, 4.69) is 5.32 Å². The van der Waals surface area contributed by atoms with Crippen LogP contribution < -0.4 is 9.62 Å². The van der Waals surface area contributed by atoms with E-state index in [-0.39, 0.29) is 40.5 Å². The molecule has 0 radical (unpaired) electrons. The molecule has 0 bridgehead atoms. The molecule has 1 fully saturated rings. The summed E-state index contributed by atoms with van der Waals surface area (Å²) in [5, 5.41) is 4.45. The first-order valence-electron chi connectivity index (χ1n) is 15.6. The smallest absolute Gasteiger partial charge is 0.264 e. The van der Waals surface area contributed by atoms with Gasteiger partial charge in [0.05, 0.1) is 10.6 Å². The molecule has 0 aromatic heterocycles. The molecule has 4 aromatic rings. The van der Waals surface area contributed by atoms with Crippen LogP contribution in [0, 0.1) is 0 Å². The van der Waals surface area contributed by atoms with Crippen molar-refractivity contribution in [3.05, 3.63) is 128 Å². The Morgan fingerprint density at radius 1 is 0.771 bits per heavy atom. The largest absolute Gasteiger partial charge is 0.352 e. The molecule has 1 N–H and O–H groups in total. The average molecular weight is 748 g/mol. The second kappa shape index (κ2) is 16.4. The zero-order chi connectivity index (χ0) is 34.3. The highest BCUT2D eigenvalue weighted by molar-refractivity contribution is 7.92. The van der Waals surface area contributed by atoms with Crippen molar-refractivity contribution in [1.82, 2.24) is 10.2 Å². The van der Waals surface area contributed by atoms with Crippen molar-refractivity contribution in [1.29, 1.82) is 0 Å². The number of anilines is 1. The molecule has 252 valence electrons. The standard InChI is InChI=1S/C36H35Cl4N3O4S/c37-26-17-19-30(20-18-26)48(46,47)43(29-14-7-11-27(38)22-29)24-35(44)42(23-31-32(39)15-8-16-33(31)40)34(21-25-9-3-1-4-10-25)36(45)41-28-12-5-2-6-13-28/h1,3-4,7-11,14-20,22,28,34H,2,5-6,12-13,21,23-24H2,(H,41,45)/t34-/m1/s1. The zero-order valence-corrected chi connectivity index (χ0v) is 29.8. The second-order valence-electron chi connectivity index (χ2n) is 11.7. The van der Waals surface area contributed by atoms with Gasteiger partial charge in [-0.15, -0.1) is 0 Å². The highest BCUT2D eigenvalue weighted by atomic mass is 35.5. The van der Waals surface area contributed by atoms with Crippen molar-refractivity contribution in [2.45, 2.75) is 62.0 Å². The number of sulfonamides is 1. The third-order valence-electron chi connectivity index (χ3n) is 8.39. The quantitative estimate of drug-likeness (QED) is 0.157. The third-order valence-corrected chi connectivity index (χ3v) is 11.4. The SMILES string of the molecule is O=C(NC1CCCCC1)[C@@H](Cc1ccccc1)N(Cc1c(Cl)cccc1Cl)C(=O)CN(c1cccc(Cl)c1)S(=O)(=O)c1ccc(Cl)cc1. The minimum absolute atomic E-state index is 0.0291. The number of hydrogen-bond donors (Lipinski definition) is 1. The molecule has 5 rings (SSSR count). The Balaban J connectivity index is 1.59. The lowest BCUT2D eigenvalue weighted by atomic mass is 9.94. The van der Waals surface area contributed by atoms with Crippen molar-refractivity contribution in [2.24, 2.45) is 0 Å². The number of carbonyl (C=O) groups excluding carboxylic acids is 2. The number of benzene rings is 4. The van der Waals surface area contributed by atoms with Gasteiger partial charge in [-0.25, -0.2) is 8.42 Å². The maximum absolute atomic E-state index is 14.7. The van der Waals surface area contributed by atoms with E-state index in [1.807, 2.05) is 30.3 Å². The molecular weight excluding hydrogens is 712 g/mol. The van der Waals surface area contributed by atoms with Gasteiger partial charge >= 0.3 is 0 Å². The summed E-state index contributed by atoms with van der Waals surface area (Å²) < 4.78 is 29.4. The Bertz CT molecular complexity index is 1820. The van der Waals surface area contributed by atoms with Crippen LogP contribution in [-0.4, -0.2) is 43.8 Å². The van der Waals surface area contributed by atoms with Crippen LogP contribution >= 0.6 is 46.4 Å². The minimum atomic E-state index is -4.32. The molecule has 2 amide bonds. The van der Waals surface area contributed by atoms with E-state index in [0.717, 1.165) is 42.0 Å². The van der Waals surface area contributed by atoms with Gasteiger partial charge in [-0.05, 0) is 73.0 Å². The number of hydrogen-bond acceptors (Lipinski definition) is 4. The van der Waals surface area contributed by atoms with Crippen molar-refractivity contribution in [3.8, 4) is 0 Å². The topological polar surface area (TPSA) is 86.8 Å². The molecule has 1 aliphatic rings. The molecule has 0 aliphatic heterocycles. The van der Waals surface area contributed by atoms with Crippen LogP contribution in [0.5, 0.6) is 0 Å². The van der Waals surface area contributed by atoms with Crippen LogP contribution in [0.15, 0.2) is 102 Å². The zero-order valence-electron chi connectivity index (χ0n) is 26.0. The Hall–Kier alpha value is -3.27. The Kier molecular flexibility index (Phi) is 12.3. The number of amides is 2. The van der Waals surface area contributed by atoms with Gasteiger partial charge in [0.25, 0.3) is 10.0 Å². The van der Waals surface area contributed by atoms with E-state index >= 15 is 0 Å². The summed E-state index contributed by atoms with van der Waals surface area (Å²) in [6.07, 6.45) is 4.98. The molecule has 0 spiro atoms. The average Bonchev–Trinajstić information content (AvgIpc) is 3.07. The molecule has 7 nitrogen and oxygen atoms in total. The van der Waals surface area contributed by atoms with Gasteiger partial charge in [-0.2, -0.15) is 0 Å². The molecule has 1 aliphatic carbocycles. The Morgan fingerprint density at radius 3 is 2.06 bits per heavy atom. The van der Waals surface area contributed by atoms with Crippen LogP contribution in [0.1, 0.15) is 43.2 Å². The van der Waals surface area contributed by atoms with Crippen molar-refractivity contribution in [2.75, 3.05) is 10.8 Å². The van der Waals surface area contributed by atoms with E-state index in [4.69, 9.17) is 46.4 Å². The number of nitrogens with one attached hydrogen (secondary N) is 1. The number of nitrogens with zero attached hydrogens (tertiary/aromatic N) is 2. The molecule has 1 saturated carbocycles. The van der Waals surface area contributed by atoms with Gasteiger partial charge < -0.3 is 10.2 Å². The lowest BCUT2D eigenvalue weighted by Crippen LogP contribution is -2.55. The van der Waals surface area contributed by atoms with Gasteiger partial charge in [0.2, 0.25) is 11.8 Å². The third kappa shape index (κ3) is 9.04. The molecule has 4 aromatic carbocycles. The summed E-state index contributed by atoms with van der Waals surface area (Å²) >= 11 is 25.6. The van der Waals surface area contributed by atoms with Gasteiger partial charge in [-0.3, -0.25) is 13.9 Å². The molecular formula is C36H35Cl4N3O4S. The first kappa shape index (κ1) is 36.0. The first-order chi connectivity index (χ1) is 23.0. The number of carbonyl (C=O) groups is 2. The van der Waals surface area contributed by atoms with E-state index < -0.39 is 28.5 Å². The second-order valence-corrected chi connectivity index (χ2v) is 15.3. The fourth-order valence-corrected chi connectivity index (χ4v) is 8.08. The van der Waals surface area contributed by atoms with Crippen LogP contribution in [0.2, 0.25) is 20.1 Å². The monoisotopic (exact) mass is 745 g/mol. The molecule has 0 heterocycles. The summed E-state index contributed by atoms with van der Waals surface area (Å²) in [6.45, 7) is -0.785. The summed E-state index contributed by atoms with van der Waals surface area (Å²) in [6, 6.07) is 25.2. The normalized spacial score (nSPS) is 14.2. The van der Waals surface area contributed by atoms with Crippen LogP contribution in [0.3, 0.4) is 0 Å². The summed E-state index contributed by atoms with van der Waals surface area (Å²) in [4.78, 5) is 30.2. The van der Waals surface area contributed by atoms with E-state index in [1.165, 1.54) is 35.2 Å². The molecule has 1 atom stereocenters. The predicted octanol–water partition coefficient (Wildman–Crippen LogP) is 8.58. The van der Waals surface area contributed by atoms with Crippen molar-refractivity contribution >= 4 is 73.9 Å². The van der Waals surface area contributed by atoms with E-state index in [9.17, 15) is 18.0 Å². The van der Waals surface area contributed by atoms with Gasteiger partial charge in [0, 0.05) is 44.7 Å².